The Morgan fingerprint density at radius 3 is 2.94 bits per heavy atom. The lowest BCUT2D eigenvalue weighted by molar-refractivity contribution is 0.602. The summed E-state index contributed by atoms with van der Waals surface area (Å²) < 4.78 is 22.0. The normalized spacial score (nSPS) is 11.9. The number of rotatable bonds is 4. The molecule has 0 aliphatic rings. The van der Waals surface area contributed by atoms with E-state index in [1.807, 2.05) is 0 Å². The van der Waals surface area contributed by atoms with E-state index in [1.165, 1.54) is 12.6 Å². The van der Waals surface area contributed by atoms with Crippen LogP contribution in [-0.4, -0.2) is 46.9 Å². The molecule has 0 spiro atoms. The summed E-state index contributed by atoms with van der Waals surface area (Å²) in [6.45, 7) is 0.250. The minimum atomic E-state index is -3.01. The van der Waals surface area contributed by atoms with Crippen LogP contribution in [-0.2, 0) is 9.84 Å². The number of nitrogens with zero attached hydrogens (tertiary/aromatic N) is 3. The summed E-state index contributed by atoms with van der Waals surface area (Å²) in [5.74, 6) is 0.464. The van der Waals surface area contributed by atoms with Crippen LogP contribution in [0.1, 0.15) is 0 Å². The van der Waals surface area contributed by atoms with Gasteiger partial charge in [-0.05, 0) is 11.6 Å². The van der Waals surface area contributed by atoms with Crippen LogP contribution < -0.4 is 5.32 Å². The molecule has 17 heavy (non-hydrogen) atoms. The maximum atomic E-state index is 11.0. The standard InChI is InChI=1S/C8H10ClN5O2S/c1-17(15,16)3-2-10-6-5-7(12-4-11-5)14-8(9)13-6/h4H,2-3H2,1H3,(H2,10,11,12,13,14). The number of aromatic nitrogens is 4. The SMILES string of the molecule is CS(=O)(=O)CCNc1nc(Cl)nc2nc[nH]c12. The Morgan fingerprint density at radius 1 is 1.47 bits per heavy atom. The van der Waals surface area contributed by atoms with Gasteiger partial charge in [-0.15, -0.1) is 0 Å². The highest BCUT2D eigenvalue weighted by Gasteiger charge is 2.09. The van der Waals surface area contributed by atoms with Gasteiger partial charge in [-0.1, -0.05) is 0 Å². The molecule has 0 bridgehead atoms. The van der Waals surface area contributed by atoms with Crippen LogP contribution in [0, 0.1) is 0 Å². The van der Waals surface area contributed by atoms with Gasteiger partial charge in [0.1, 0.15) is 15.4 Å². The molecule has 2 heterocycles. The van der Waals surface area contributed by atoms with Crippen molar-refractivity contribution >= 4 is 38.4 Å². The smallest absolute Gasteiger partial charge is 0.226 e. The number of hydrogen-bond acceptors (Lipinski definition) is 6. The molecule has 0 aliphatic heterocycles. The van der Waals surface area contributed by atoms with Crippen LogP contribution in [0.3, 0.4) is 0 Å². The Balaban J connectivity index is 2.20. The van der Waals surface area contributed by atoms with Gasteiger partial charge in [-0.25, -0.2) is 13.4 Å². The summed E-state index contributed by atoms with van der Waals surface area (Å²) in [7, 11) is -3.01. The van der Waals surface area contributed by atoms with Crippen molar-refractivity contribution in [3.63, 3.8) is 0 Å². The third kappa shape index (κ3) is 3.04. The molecule has 0 radical (unpaired) electrons. The fraction of sp³-hybridized carbons (Fsp3) is 0.375. The maximum absolute atomic E-state index is 11.0. The average molecular weight is 276 g/mol. The molecular formula is C8H10ClN5O2S. The molecule has 7 nitrogen and oxygen atoms in total. The number of hydrogen-bond donors (Lipinski definition) is 2. The number of imidazole rings is 1. The van der Waals surface area contributed by atoms with Crippen LogP contribution >= 0.6 is 11.6 Å². The van der Waals surface area contributed by atoms with E-state index < -0.39 is 9.84 Å². The maximum Gasteiger partial charge on any atom is 0.226 e. The third-order valence-electron chi connectivity index (χ3n) is 2.02. The van der Waals surface area contributed by atoms with Crippen molar-refractivity contribution in [2.24, 2.45) is 0 Å². The van der Waals surface area contributed by atoms with Gasteiger partial charge in [-0.3, -0.25) is 0 Å². The second kappa shape index (κ2) is 4.46. The molecule has 0 atom stereocenters. The van der Waals surface area contributed by atoms with Gasteiger partial charge in [0.15, 0.2) is 11.5 Å². The van der Waals surface area contributed by atoms with E-state index in [4.69, 9.17) is 11.6 Å². The molecule has 2 aromatic heterocycles. The minimum absolute atomic E-state index is 0.0181. The Morgan fingerprint density at radius 2 is 2.24 bits per heavy atom. The lowest BCUT2D eigenvalue weighted by Gasteiger charge is -2.05. The van der Waals surface area contributed by atoms with E-state index in [2.05, 4.69) is 25.3 Å². The first-order valence-corrected chi connectivity index (χ1v) is 7.18. The summed E-state index contributed by atoms with van der Waals surface area (Å²) in [4.78, 5) is 14.7. The first-order valence-electron chi connectivity index (χ1n) is 4.74. The van der Waals surface area contributed by atoms with Gasteiger partial charge in [-0.2, -0.15) is 9.97 Å². The molecule has 0 saturated carbocycles. The van der Waals surface area contributed by atoms with Crippen LogP contribution in [0.4, 0.5) is 5.82 Å². The van der Waals surface area contributed by atoms with E-state index in [9.17, 15) is 8.42 Å². The number of anilines is 1. The van der Waals surface area contributed by atoms with Gasteiger partial charge in [0.2, 0.25) is 5.28 Å². The van der Waals surface area contributed by atoms with Gasteiger partial charge in [0, 0.05) is 12.8 Å². The Labute approximate surface area is 103 Å². The van der Waals surface area contributed by atoms with Gasteiger partial charge in [0.05, 0.1) is 12.1 Å². The zero-order valence-corrected chi connectivity index (χ0v) is 10.5. The van der Waals surface area contributed by atoms with E-state index >= 15 is 0 Å². The third-order valence-corrected chi connectivity index (χ3v) is 3.14. The summed E-state index contributed by atoms with van der Waals surface area (Å²) in [6, 6.07) is 0. The average Bonchev–Trinajstić information content (AvgIpc) is 2.63. The summed E-state index contributed by atoms with van der Waals surface area (Å²) in [6.07, 6.45) is 2.64. The van der Waals surface area contributed by atoms with Crippen LogP contribution in [0.15, 0.2) is 6.33 Å². The Bertz CT molecular complexity index is 638. The lowest BCUT2D eigenvalue weighted by atomic mass is 10.5. The highest BCUT2D eigenvalue weighted by Crippen LogP contribution is 2.18. The number of halogens is 1. The second-order valence-corrected chi connectivity index (χ2v) is 6.10. The van der Waals surface area contributed by atoms with Crippen molar-refractivity contribution in [1.82, 2.24) is 19.9 Å². The summed E-state index contributed by atoms with van der Waals surface area (Å²) in [5, 5.41) is 2.95. The van der Waals surface area contributed by atoms with Gasteiger partial charge >= 0.3 is 0 Å². The van der Waals surface area contributed by atoms with Gasteiger partial charge in [0.25, 0.3) is 0 Å². The molecule has 0 amide bonds. The molecular weight excluding hydrogens is 266 g/mol. The molecule has 0 unspecified atom stereocenters. The fourth-order valence-corrected chi connectivity index (χ4v) is 1.93. The van der Waals surface area contributed by atoms with Crippen LogP contribution in [0.25, 0.3) is 11.2 Å². The molecule has 2 N–H and O–H groups in total. The molecule has 0 fully saturated rings. The first-order chi connectivity index (χ1) is 7.96. The monoisotopic (exact) mass is 275 g/mol. The van der Waals surface area contributed by atoms with E-state index in [0.29, 0.717) is 17.0 Å². The predicted octanol–water partition coefficient (Wildman–Crippen LogP) is 0.463. The van der Waals surface area contributed by atoms with Crippen molar-refractivity contribution in [2.75, 3.05) is 23.9 Å². The highest BCUT2D eigenvalue weighted by molar-refractivity contribution is 7.90. The van der Waals surface area contributed by atoms with Crippen LogP contribution in [0.2, 0.25) is 5.28 Å². The Hall–Kier alpha value is -1.41. The minimum Gasteiger partial charge on any atom is -0.367 e. The zero-order chi connectivity index (χ0) is 12.5. The first kappa shape index (κ1) is 12.1. The number of sulfone groups is 1. The quantitative estimate of drug-likeness (QED) is 0.787. The Kier molecular flexibility index (Phi) is 3.16. The number of fused-ring (bicyclic) bond motifs is 1. The van der Waals surface area contributed by atoms with Gasteiger partial charge < -0.3 is 10.3 Å². The molecule has 0 aliphatic carbocycles. The highest BCUT2D eigenvalue weighted by atomic mass is 35.5. The van der Waals surface area contributed by atoms with Crippen molar-refractivity contribution in [3.8, 4) is 0 Å². The van der Waals surface area contributed by atoms with Crippen LogP contribution in [0.5, 0.6) is 0 Å². The molecule has 0 aromatic carbocycles. The predicted molar refractivity (Wildman–Crippen MR) is 64.9 cm³/mol. The molecule has 9 heteroatoms. The largest absolute Gasteiger partial charge is 0.367 e. The van der Waals surface area contributed by atoms with Crippen molar-refractivity contribution in [1.29, 1.82) is 0 Å². The summed E-state index contributed by atoms with van der Waals surface area (Å²) in [5.41, 5.74) is 1.04. The number of aromatic amines is 1. The summed E-state index contributed by atoms with van der Waals surface area (Å²) >= 11 is 5.72. The zero-order valence-electron chi connectivity index (χ0n) is 8.94. The van der Waals surface area contributed by atoms with E-state index in [0.717, 1.165) is 0 Å². The molecule has 2 aromatic rings. The van der Waals surface area contributed by atoms with Crippen molar-refractivity contribution in [3.05, 3.63) is 11.6 Å². The fourth-order valence-electron chi connectivity index (χ4n) is 1.29. The van der Waals surface area contributed by atoms with E-state index in [1.54, 1.807) is 0 Å². The number of nitrogens with one attached hydrogen (secondary N) is 2. The van der Waals surface area contributed by atoms with Crippen molar-refractivity contribution < 1.29 is 8.42 Å². The second-order valence-electron chi connectivity index (χ2n) is 3.50. The molecule has 0 saturated heterocycles. The topological polar surface area (TPSA) is 101 Å². The molecule has 2 rings (SSSR count). The van der Waals surface area contributed by atoms with Crippen molar-refractivity contribution in [2.45, 2.75) is 0 Å². The molecule has 92 valence electrons. The van der Waals surface area contributed by atoms with E-state index in [-0.39, 0.29) is 17.6 Å². The lowest BCUT2D eigenvalue weighted by Crippen LogP contribution is -2.15. The number of H-pyrrole nitrogens is 1.